The van der Waals surface area contributed by atoms with E-state index >= 15 is 0 Å². The van der Waals surface area contributed by atoms with Crippen molar-refractivity contribution in [3.05, 3.63) is 28.8 Å². The van der Waals surface area contributed by atoms with Crippen LogP contribution >= 0.6 is 11.6 Å². The molecule has 0 saturated heterocycles. The molecule has 0 radical (unpaired) electrons. The van der Waals surface area contributed by atoms with Crippen LogP contribution in [0.1, 0.15) is 46.2 Å². The third-order valence-electron chi connectivity index (χ3n) is 3.94. The first-order valence-electron chi connectivity index (χ1n) is 7.14. The van der Waals surface area contributed by atoms with Crippen molar-refractivity contribution in [1.82, 2.24) is 5.32 Å². The van der Waals surface area contributed by atoms with E-state index < -0.39 is 0 Å². The Morgan fingerprint density at radius 1 is 1.21 bits per heavy atom. The predicted molar refractivity (Wildman–Crippen MR) is 86.2 cm³/mol. The van der Waals surface area contributed by atoms with Crippen LogP contribution < -0.4 is 10.2 Å². The van der Waals surface area contributed by atoms with Gasteiger partial charge in [0, 0.05) is 29.8 Å². The number of nitrogens with one attached hydrogen (secondary N) is 1. The van der Waals surface area contributed by atoms with Gasteiger partial charge >= 0.3 is 0 Å². The van der Waals surface area contributed by atoms with E-state index in [0.717, 1.165) is 17.1 Å². The average molecular weight is 283 g/mol. The fraction of sp³-hybridized carbons (Fsp3) is 0.625. The Bertz CT molecular complexity index is 404. The van der Waals surface area contributed by atoms with Gasteiger partial charge in [-0.2, -0.15) is 0 Å². The summed E-state index contributed by atoms with van der Waals surface area (Å²) < 4.78 is 0. The predicted octanol–water partition coefficient (Wildman–Crippen LogP) is 4.49. The van der Waals surface area contributed by atoms with Gasteiger partial charge < -0.3 is 10.2 Å². The van der Waals surface area contributed by atoms with E-state index in [-0.39, 0.29) is 0 Å². The summed E-state index contributed by atoms with van der Waals surface area (Å²) in [4.78, 5) is 2.29. The highest BCUT2D eigenvalue weighted by molar-refractivity contribution is 6.31. The average Bonchev–Trinajstić information content (AvgIpc) is 2.36. The van der Waals surface area contributed by atoms with Gasteiger partial charge in [-0.15, -0.1) is 0 Å². The molecule has 0 amide bonds. The van der Waals surface area contributed by atoms with E-state index in [2.05, 4.69) is 70.1 Å². The van der Waals surface area contributed by atoms with E-state index in [9.17, 15) is 0 Å². The van der Waals surface area contributed by atoms with Gasteiger partial charge in [-0.3, -0.25) is 0 Å². The van der Waals surface area contributed by atoms with Crippen molar-refractivity contribution in [3.8, 4) is 0 Å². The Kier molecular flexibility index (Phi) is 6.15. The molecule has 0 fully saturated rings. The molecule has 3 heteroatoms. The Balaban J connectivity index is 2.93. The molecular formula is C16H27ClN2. The van der Waals surface area contributed by atoms with Crippen molar-refractivity contribution in [2.75, 3.05) is 18.5 Å². The third-order valence-corrected chi connectivity index (χ3v) is 4.27. The van der Waals surface area contributed by atoms with Crippen molar-refractivity contribution in [1.29, 1.82) is 0 Å². The lowest BCUT2D eigenvalue weighted by atomic mass is 10.0. The highest BCUT2D eigenvalue weighted by atomic mass is 35.5. The SMILES string of the molecule is CCNC(C)c1ccc(N(C)C(C)C(C)C)cc1Cl. The summed E-state index contributed by atoms with van der Waals surface area (Å²) in [5.41, 5.74) is 2.34. The second-order valence-electron chi connectivity index (χ2n) is 5.58. The molecule has 1 N–H and O–H groups in total. The number of rotatable bonds is 6. The monoisotopic (exact) mass is 282 g/mol. The fourth-order valence-corrected chi connectivity index (χ4v) is 2.52. The Morgan fingerprint density at radius 3 is 2.32 bits per heavy atom. The highest BCUT2D eigenvalue weighted by Crippen LogP contribution is 2.29. The first-order chi connectivity index (χ1) is 8.88. The quantitative estimate of drug-likeness (QED) is 0.827. The van der Waals surface area contributed by atoms with Crippen LogP contribution in [0.25, 0.3) is 0 Å². The molecule has 0 spiro atoms. The van der Waals surface area contributed by atoms with Gasteiger partial charge in [0.2, 0.25) is 0 Å². The molecule has 1 rings (SSSR count). The van der Waals surface area contributed by atoms with Gasteiger partial charge in [-0.05, 0) is 44.0 Å². The van der Waals surface area contributed by atoms with Crippen LogP contribution in [0, 0.1) is 5.92 Å². The molecule has 1 aromatic carbocycles. The molecule has 0 bridgehead atoms. The fourth-order valence-electron chi connectivity index (χ4n) is 2.19. The second-order valence-corrected chi connectivity index (χ2v) is 5.99. The minimum atomic E-state index is 0.291. The third kappa shape index (κ3) is 4.12. The molecule has 0 aromatic heterocycles. The second kappa shape index (κ2) is 7.16. The standard InChI is InChI=1S/C16H27ClN2/c1-7-18-12(4)15-9-8-14(10-16(15)17)19(6)13(5)11(2)3/h8-13,18H,7H2,1-6H3. The van der Waals surface area contributed by atoms with Crippen molar-refractivity contribution in [2.45, 2.75) is 46.7 Å². The number of halogens is 1. The van der Waals surface area contributed by atoms with Crippen molar-refractivity contribution < 1.29 is 0 Å². The smallest absolute Gasteiger partial charge is 0.0474 e. The maximum atomic E-state index is 6.42. The summed E-state index contributed by atoms with van der Waals surface area (Å²) in [6, 6.07) is 7.15. The lowest BCUT2D eigenvalue weighted by Crippen LogP contribution is -2.33. The van der Waals surface area contributed by atoms with Gasteiger partial charge in [0.15, 0.2) is 0 Å². The lowest BCUT2D eigenvalue weighted by molar-refractivity contribution is 0.505. The largest absolute Gasteiger partial charge is 0.372 e. The van der Waals surface area contributed by atoms with Crippen molar-refractivity contribution in [2.24, 2.45) is 5.92 Å². The maximum Gasteiger partial charge on any atom is 0.0474 e. The van der Waals surface area contributed by atoms with Crippen molar-refractivity contribution >= 4 is 17.3 Å². The van der Waals surface area contributed by atoms with Gasteiger partial charge in [0.25, 0.3) is 0 Å². The van der Waals surface area contributed by atoms with E-state index in [1.807, 2.05) is 0 Å². The Labute approximate surface area is 123 Å². The molecule has 108 valence electrons. The Morgan fingerprint density at radius 2 is 1.84 bits per heavy atom. The summed E-state index contributed by atoms with van der Waals surface area (Å²) in [6.45, 7) is 11.9. The van der Waals surface area contributed by atoms with Gasteiger partial charge in [-0.25, -0.2) is 0 Å². The summed E-state index contributed by atoms with van der Waals surface area (Å²) in [5, 5.41) is 4.24. The number of nitrogens with zero attached hydrogens (tertiary/aromatic N) is 1. The van der Waals surface area contributed by atoms with Gasteiger partial charge in [0.1, 0.15) is 0 Å². The van der Waals surface area contributed by atoms with E-state index in [4.69, 9.17) is 11.6 Å². The molecule has 0 aliphatic heterocycles. The lowest BCUT2D eigenvalue weighted by Gasteiger charge is -2.30. The maximum absolute atomic E-state index is 6.42. The first kappa shape index (κ1) is 16.3. The molecule has 2 nitrogen and oxygen atoms in total. The minimum Gasteiger partial charge on any atom is -0.372 e. The normalized spacial score (nSPS) is 14.5. The molecule has 1 aromatic rings. The number of hydrogen-bond donors (Lipinski definition) is 1. The van der Waals surface area contributed by atoms with Gasteiger partial charge in [0.05, 0.1) is 0 Å². The minimum absolute atomic E-state index is 0.291. The number of anilines is 1. The molecule has 0 saturated carbocycles. The van der Waals surface area contributed by atoms with Gasteiger partial charge in [-0.1, -0.05) is 38.4 Å². The molecule has 2 atom stereocenters. The van der Waals surface area contributed by atoms with E-state index in [1.165, 1.54) is 5.69 Å². The summed E-state index contributed by atoms with van der Waals surface area (Å²) >= 11 is 6.42. The summed E-state index contributed by atoms with van der Waals surface area (Å²) in [6.07, 6.45) is 0. The zero-order chi connectivity index (χ0) is 14.6. The number of benzene rings is 1. The van der Waals surface area contributed by atoms with E-state index in [1.54, 1.807) is 0 Å². The zero-order valence-electron chi connectivity index (χ0n) is 13.0. The van der Waals surface area contributed by atoms with Crippen LogP contribution in [-0.4, -0.2) is 19.6 Å². The van der Waals surface area contributed by atoms with Crippen LogP contribution in [0.15, 0.2) is 18.2 Å². The van der Waals surface area contributed by atoms with Crippen LogP contribution in [0.3, 0.4) is 0 Å². The highest BCUT2D eigenvalue weighted by Gasteiger charge is 2.16. The first-order valence-corrected chi connectivity index (χ1v) is 7.51. The molecule has 0 aliphatic carbocycles. The molecule has 2 unspecified atom stereocenters. The topological polar surface area (TPSA) is 15.3 Å². The van der Waals surface area contributed by atoms with Crippen LogP contribution in [-0.2, 0) is 0 Å². The zero-order valence-corrected chi connectivity index (χ0v) is 13.8. The van der Waals surface area contributed by atoms with Crippen LogP contribution in [0.2, 0.25) is 5.02 Å². The molecule has 0 aliphatic rings. The van der Waals surface area contributed by atoms with Crippen LogP contribution in [0.4, 0.5) is 5.69 Å². The van der Waals surface area contributed by atoms with Crippen LogP contribution in [0.5, 0.6) is 0 Å². The summed E-state index contributed by atoms with van der Waals surface area (Å²) in [7, 11) is 2.13. The number of hydrogen-bond acceptors (Lipinski definition) is 2. The summed E-state index contributed by atoms with van der Waals surface area (Å²) in [5.74, 6) is 0.615. The molecule has 0 heterocycles. The molecular weight excluding hydrogens is 256 g/mol. The van der Waals surface area contributed by atoms with Crippen molar-refractivity contribution in [3.63, 3.8) is 0 Å². The Hall–Kier alpha value is -0.730. The van der Waals surface area contributed by atoms with E-state index in [0.29, 0.717) is 18.0 Å². The molecule has 19 heavy (non-hydrogen) atoms.